The molecule has 3 rings (SSSR count). The Kier molecular flexibility index (Phi) is 3.95. The predicted octanol–water partition coefficient (Wildman–Crippen LogP) is 2.40. The molecule has 21 heavy (non-hydrogen) atoms. The van der Waals surface area contributed by atoms with Crippen LogP contribution in [0.2, 0.25) is 0 Å². The molecule has 1 aromatic carbocycles. The molecular weight excluding hydrogens is 271 g/mol. The third kappa shape index (κ3) is 2.80. The lowest BCUT2D eigenvalue weighted by molar-refractivity contribution is -0.116. The summed E-state index contributed by atoms with van der Waals surface area (Å²) in [5, 5.41) is 5.97. The molecular formula is C16H21FN2O2. The molecule has 2 N–H and O–H groups in total. The minimum atomic E-state index is -0.269. The number of hydrogen-bond donors (Lipinski definition) is 2. The van der Waals surface area contributed by atoms with Gasteiger partial charge in [0.05, 0.1) is 12.7 Å². The number of hydrogen-bond acceptors (Lipinski definition) is 3. The fourth-order valence-corrected chi connectivity index (χ4v) is 3.39. The van der Waals surface area contributed by atoms with Gasteiger partial charge >= 0.3 is 0 Å². The average Bonchev–Trinajstić information content (AvgIpc) is 2.87. The van der Waals surface area contributed by atoms with E-state index in [1.165, 1.54) is 6.07 Å². The number of amides is 1. The maximum absolute atomic E-state index is 14.5. The van der Waals surface area contributed by atoms with Gasteiger partial charge in [-0.25, -0.2) is 4.39 Å². The highest BCUT2D eigenvalue weighted by Gasteiger charge is 2.32. The number of benzene rings is 1. The normalized spacial score (nSPS) is 26.3. The smallest absolute Gasteiger partial charge is 0.224 e. The minimum Gasteiger partial charge on any atom is -0.378 e. The quantitative estimate of drug-likeness (QED) is 0.899. The summed E-state index contributed by atoms with van der Waals surface area (Å²) in [7, 11) is 1.86. The Hall–Kier alpha value is -1.46. The molecule has 0 radical (unpaired) electrons. The van der Waals surface area contributed by atoms with E-state index < -0.39 is 0 Å². The van der Waals surface area contributed by atoms with Crippen molar-refractivity contribution in [2.24, 2.45) is 5.92 Å². The standard InChI is InChI=1S/C16H21FN2O2/c1-9-5-11(8-21-9)16(18-2)12-6-10-3-4-15(20)19-14(10)7-13(12)17/h6-7,9,11,16,18H,3-5,8H2,1-2H3,(H,19,20). The third-order valence-corrected chi connectivity index (χ3v) is 4.46. The van der Waals surface area contributed by atoms with Gasteiger partial charge in [0, 0.05) is 29.6 Å². The highest BCUT2D eigenvalue weighted by molar-refractivity contribution is 5.93. The van der Waals surface area contributed by atoms with Gasteiger partial charge in [0.25, 0.3) is 0 Å². The lowest BCUT2D eigenvalue weighted by Crippen LogP contribution is -2.27. The largest absolute Gasteiger partial charge is 0.378 e. The first-order chi connectivity index (χ1) is 10.1. The second-order valence-electron chi connectivity index (χ2n) is 5.99. The monoisotopic (exact) mass is 292 g/mol. The fraction of sp³-hybridized carbons (Fsp3) is 0.562. The van der Waals surface area contributed by atoms with Crippen molar-refractivity contribution in [3.63, 3.8) is 0 Å². The van der Waals surface area contributed by atoms with Crippen LogP contribution in [0, 0.1) is 11.7 Å². The Balaban J connectivity index is 1.92. The van der Waals surface area contributed by atoms with Crippen LogP contribution in [-0.4, -0.2) is 25.7 Å². The molecule has 3 atom stereocenters. The molecule has 0 aliphatic carbocycles. The van der Waals surface area contributed by atoms with Crippen LogP contribution >= 0.6 is 0 Å². The van der Waals surface area contributed by atoms with Crippen LogP contribution < -0.4 is 10.6 Å². The summed E-state index contributed by atoms with van der Waals surface area (Å²) in [6.07, 6.45) is 2.29. The highest BCUT2D eigenvalue weighted by Crippen LogP contribution is 2.35. The zero-order chi connectivity index (χ0) is 15.0. The zero-order valence-electron chi connectivity index (χ0n) is 12.4. The van der Waals surface area contributed by atoms with Gasteiger partial charge in [0.15, 0.2) is 0 Å². The number of carbonyl (C=O) groups excluding carboxylic acids is 1. The van der Waals surface area contributed by atoms with E-state index in [0.29, 0.717) is 30.7 Å². The van der Waals surface area contributed by atoms with Gasteiger partial charge in [-0.15, -0.1) is 0 Å². The van der Waals surface area contributed by atoms with Gasteiger partial charge in [-0.1, -0.05) is 0 Å². The first kappa shape index (κ1) is 14.5. The van der Waals surface area contributed by atoms with Crippen molar-refractivity contribution < 1.29 is 13.9 Å². The van der Waals surface area contributed by atoms with E-state index in [2.05, 4.69) is 10.6 Å². The van der Waals surface area contributed by atoms with Crippen molar-refractivity contribution in [2.75, 3.05) is 19.0 Å². The van der Waals surface area contributed by atoms with Crippen molar-refractivity contribution >= 4 is 11.6 Å². The van der Waals surface area contributed by atoms with Crippen molar-refractivity contribution in [3.8, 4) is 0 Å². The van der Waals surface area contributed by atoms with E-state index in [1.807, 2.05) is 20.0 Å². The van der Waals surface area contributed by atoms with Crippen molar-refractivity contribution in [3.05, 3.63) is 29.1 Å². The van der Waals surface area contributed by atoms with Crippen LogP contribution in [0.15, 0.2) is 12.1 Å². The number of nitrogens with one attached hydrogen (secondary N) is 2. The highest BCUT2D eigenvalue weighted by atomic mass is 19.1. The third-order valence-electron chi connectivity index (χ3n) is 4.46. The SMILES string of the molecule is CNC(c1cc2c(cc1F)NC(=O)CC2)C1COC(C)C1. The fourth-order valence-electron chi connectivity index (χ4n) is 3.39. The van der Waals surface area contributed by atoms with Crippen molar-refractivity contribution in [1.29, 1.82) is 0 Å². The predicted molar refractivity (Wildman–Crippen MR) is 78.7 cm³/mol. The lowest BCUT2D eigenvalue weighted by atomic mass is 9.88. The molecule has 1 aromatic rings. The first-order valence-electron chi connectivity index (χ1n) is 7.49. The summed E-state index contributed by atoms with van der Waals surface area (Å²) >= 11 is 0. The molecule has 1 fully saturated rings. The molecule has 4 nitrogen and oxygen atoms in total. The number of aryl methyl sites for hydroxylation is 1. The number of fused-ring (bicyclic) bond motifs is 1. The number of ether oxygens (including phenoxy) is 1. The van der Waals surface area contributed by atoms with E-state index in [-0.39, 0.29) is 29.8 Å². The number of carbonyl (C=O) groups is 1. The molecule has 2 aliphatic heterocycles. The van der Waals surface area contributed by atoms with Crippen LogP contribution in [0.1, 0.15) is 36.9 Å². The number of halogens is 1. The Labute approximate surface area is 124 Å². The maximum atomic E-state index is 14.5. The molecule has 0 aromatic heterocycles. The van der Waals surface area contributed by atoms with Crippen LogP contribution in [0.25, 0.3) is 0 Å². The Morgan fingerprint density at radius 1 is 1.43 bits per heavy atom. The van der Waals surface area contributed by atoms with Gasteiger partial charge in [-0.2, -0.15) is 0 Å². The number of anilines is 1. The molecule has 2 aliphatic rings. The van der Waals surface area contributed by atoms with E-state index in [4.69, 9.17) is 4.74 Å². The molecule has 2 heterocycles. The van der Waals surface area contributed by atoms with Gasteiger partial charge < -0.3 is 15.4 Å². The summed E-state index contributed by atoms with van der Waals surface area (Å²) in [6, 6.07) is 3.29. The Morgan fingerprint density at radius 3 is 2.90 bits per heavy atom. The Bertz CT molecular complexity index is 561. The summed E-state index contributed by atoms with van der Waals surface area (Å²) < 4.78 is 20.1. The van der Waals surface area contributed by atoms with E-state index in [9.17, 15) is 9.18 Å². The maximum Gasteiger partial charge on any atom is 0.224 e. The average molecular weight is 292 g/mol. The van der Waals surface area contributed by atoms with E-state index in [0.717, 1.165) is 12.0 Å². The molecule has 0 bridgehead atoms. The minimum absolute atomic E-state index is 0.0437. The molecule has 1 amide bonds. The van der Waals surface area contributed by atoms with Gasteiger partial charge in [0.1, 0.15) is 5.82 Å². The first-order valence-corrected chi connectivity index (χ1v) is 7.49. The van der Waals surface area contributed by atoms with Crippen molar-refractivity contribution in [2.45, 2.75) is 38.3 Å². The zero-order valence-corrected chi connectivity index (χ0v) is 12.4. The molecule has 1 saturated heterocycles. The van der Waals surface area contributed by atoms with Crippen LogP contribution in [0.3, 0.4) is 0 Å². The molecule has 5 heteroatoms. The summed E-state index contributed by atoms with van der Waals surface area (Å²) in [5.41, 5.74) is 2.30. The topological polar surface area (TPSA) is 50.4 Å². The summed E-state index contributed by atoms with van der Waals surface area (Å²) in [5.74, 6) is -0.0385. The van der Waals surface area contributed by atoms with E-state index >= 15 is 0 Å². The summed E-state index contributed by atoms with van der Waals surface area (Å²) in [4.78, 5) is 11.4. The van der Waals surface area contributed by atoms with Crippen molar-refractivity contribution in [1.82, 2.24) is 5.32 Å². The van der Waals surface area contributed by atoms with Gasteiger partial charge in [-0.05, 0) is 44.5 Å². The van der Waals surface area contributed by atoms with Crippen LogP contribution in [0.4, 0.5) is 10.1 Å². The van der Waals surface area contributed by atoms with Gasteiger partial charge in [-0.3, -0.25) is 4.79 Å². The second kappa shape index (κ2) is 5.73. The lowest BCUT2D eigenvalue weighted by Gasteiger charge is -2.25. The second-order valence-corrected chi connectivity index (χ2v) is 5.99. The Morgan fingerprint density at radius 2 is 2.24 bits per heavy atom. The molecule has 0 spiro atoms. The van der Waals surface area contributed by atoms with Crippen LogP contribution in [-0.2, 0) is 16.0 Å². The van der Waals surface area contributed by atoms with Gasteiger partial charge in [0.2, 0.25) is 5.91 Å². The summed E-state index contributed by atoms with van der Waals surface area (Å²) in [6.45, 7) is 2.70. The molecule has 0 saturated carbocycles. The number of rotatable bonds is 3. The molecule has 114 valence electrons. The molecule has 3 unspecified atom stereocenters. The van der Waals surface area contributed by atoms with E-state index in [1.54, 1.807) is 0 Å². The van der Waals surface area contributed by atoms with Crippen LogP contribution in [0.5, 0.6) is 0 Å².